The molecule has 0 aromatic carbocycles. The monoisotopic (exact) mass is 454 g/mol. The zero-order valence-corrected chi connectivity index (χ0v) is 17.2. The summed E-state index contributed by atoms with van der Waals surface area (Å²) < 4.78 is 4.61. The molecule has 0 radical (unpaired) electrons. The number of carbonyl (C=O) groups excluding carboxylic acids is 1. The molecular formula is C15H27IN4O2S. The maximum Gasteiger partial charge on any atom is 0.305 e. The molecular weight excluding hydrogens is 427 g/mol. The number of guanidine groups is 1. The lowest BCUT2D eigenvalue weighted by atomic mass is 10.2. The summed E-state index contributed by atoms with van der Waals surface area (Å²) in [5, 5.41) is 9.71. The molecule has 0 saturated carbocycles. The van der Waals surface area contributed by atoms with Crippen LogP contribution in [0.3, 0.4) is 0 Å². The zero-order valence-electron chi connectivity index (χ0n) is 14.1. The van der Waals surface area contributed by atoms with Crippen LogP contribution in [0.15, 0.2) is 10.4 Å². The predicted octanol–water partition coefficient (Wildman–Crippen LogP) is 2.51. The molecule has 0 aliphatic carbocycles. The van der Waals surface area contributed by atoms with E-state index in [4.69, 9.17) is 0 Å². The Morgan fingerprint density at radius 3 is 2.78 bits per heavy atom. The number of aryl methyl sites for hydroxylation is 1. The molecule has 1 rings (SSSR count). The van der Waals surface area contributed by atoms with E-state index >= 15 is 0 Å². The van der Waals surface area contributed by atoms with Gasteiger partial charge >= 0.3 is 5.97 Å². The summed E-state index contributed by atoms with van der Waals surface area (Å²) in [6, 6.07) is 0. The third-order valence-electron chi connectivity index (χ3n) is 2.97. The van der Waals surface area contributed by atoms with Crippen molar-refractivity contribution in [1.82, 2.24) is 15.6 Å². The van der Waals surface area contributed by atoms with Crippen LogP contribution in [0.1, 0.15) is 36.9 Å². The van der Waals surface area contributed by atoms with Gasteiger partial charge in [0.1, 0.15) is 0 Å². The summed E-state index contributed by atoms with van der Waals surface area (Å²) in [5.41, 5.74) is 1.11. The maximum absolute atomic E-state index is 11.0. The molecule has 0 aliphatic rings. The average Bonchev–Trinajstić information content (AvgIpc) is 2.92. The quantitative estimate of drug-likeness (QED) is 0.197. The Hall–Kier alpha value is -0.900. The number of esters is 1. The fourth-order valence-electron chi connectivity index (χ4n) is 1.85. The number of nitrogens with one attached hydrogen (secondary N) is 2. The number of aromatic nitrogens is 1. The molecule has 23 heavy (non-hydrogen) atoms. The van der Waals surface area contributed by atoms with Gasteiger partial charge in [0.15, 0.2) is 5.96 Å². The van der Waals surface area contributed by atoms with Gasteiger partial charge in [0, 0.05) is 37.9 Å². The van der Waals surface area contributed by atoms with E-state index in [9.17, 15) is 4.79 Å². The zero-order chi connectivity index (χ0) is 16.2. The molecule has 0 atom stereocenters. The number of methoxy groups -OCH3 is 1. The van der Waals surface area contributed by atoms with E-state index in [2.05, 4.69) is 30.7 Å². The average molecular weight is 454 g/mol. The minimum Gasteiger partial charge on any atom is -0.469 e. The van der Waals surface area contributed by atoms with Crippen LogP contribution >= 0.6 is 35.3 Å². The fraction of sp³-hybridized carbons (Fsp3) is 0.667. The maximum atomic E-state index is 11.0. The van der Waals surface area contributed by atoms with Gasteiger partial charge in [0.25, 0.3) is 0 Å². The van der Waals surface area contributed by atoms with Gasteiger partial charge in [-0.05, 0) is 26.7 Å². The second-order valence-electron chi connectivity index (χ2n) is 4.83. The molecule has 0 amide bonds. The number of hydrogen-bond acceptors (Lipinski definition) is 5. The predicted molar refractivity (Wildman–Crippen MR) is 106 cm³/mol. The lowest BCUT2D eigenvalue weighted by Gasteiger charge is -2.10. The minimum atomic E-state index is -0.160. The number of aliphatic imine (C=N–C) groups is 1. The number of halogens is 1. The van der Waals surface area contributed by atoms with Crippen LogP contribution in [-0.4, -0.2) is 43.7 Å². The number of hydrogen-bond donors (Lipinski definition) is 2. The van der Waals surface area contributed by atoms with Crippen LogP contribution in [0.2, 0.25) is 0 Å². The molecule has 1 aromatic rings. The normalized spacial score (nSPS) is 10.8. The molecule has 0 saturated heterocycles. The molecule has 0 aliphatic heterocycles. The molecule has 132 valence electrons. The Morgan fingerprint density at radius 2 is 2.17 bits per heavy atom. The van der Waals surface area contributed by atoms with Crippen LogP contribution in [0.5, 0.6) is 0 Å². The molecule has 1 heterocycles. The highest BCUT2D eigenvalue weighted by Crippen LogP contribution is 2.07. The number of nitrogens with zero attached hydrogens (tertiary/aromatic N) is 2. The molecule has 0 bridgehead atoms. The van der Waals surface area contributed by atoms with Gasteiger partial charge in [-0.1, -0.05) is 0 Å². The van der Waals surface area contributed by atoms with E-state index < -0.39 is 0 Å². The van der Waals surface area contributed by atoms with Gasteiger partial charge in [-0.15, -0.1) is 35.3 Å². The first-order valence-electron chi connectivity index (χ1n) is 7.65. The second-order valence-corrected chi connectivity index (χ2v) is 5.89. The number of unbranched alkanes of at least 4 members (excludes halogenated alkanes) is 1. The lowest BCUT2D eigenvalue weighted by Crippen LogP contribution is -2.38. The van der Waals surface area contributed by atoms with E-state index in [1.807, 2.05) is 13.8 Å². The van der Waals surface area contributed by atoms with Crippen LogP contribution in [0.25, 0.3) is 0 Å². The van der Waals surface area contributed by atoms with Crippen molar-refractivity contribution in [3.8, 4) is 0 Å². The molecule has 8 heteroatoms. The summed E-state index contributed by atoms with van der Waals surface area (Å²) in [6.07, 6.45) is 3.01. The number of thiazole rings is 1. The van der Waals surface area contributed by atoms with Gasteiger partial charge in [0.05, 0.1) is 17.8 Å². The van der Waals surface area contributed by atoms with Crippen molar-refractivity contribution in [2.75, 3.05) is 26.7 Å². The van der Waals surface area contributed by atoms with Gasteiger partial charge in [-0.2, -0.15) is 0 Å². The molecule has 0 unspecified atom stereocenters. The van der Waals surface area contributed by atoms with Crippen LogP contribution in [0.4, 0.5) is 0 Å². The Bertz CT molecular complexity index is 480. The van der Waals surface area contributed by atoms with Gasteiger partial charge in [0.2, 0.25) is 0 Å². The Morgan fingerprint density at radius 1 is 1.39 bits per heavy atom. The van der Waals surface area contributed by atoms with E-state index in [1.165, 1.54) is 7.11 Å². The summed E-state index contributed by atoms with van der Waals surface area (Å²) >= 11 is 1.67. The Labute approximate surface area is 159 Å². The second kappa shape index (κ2) is 13.5. The van der Waals surface area contributed by atoms with Gasteiger partial charge in [-0.3, -0.25) is 9.79 Å². The van der Waals surface area contributed by atoms with Crippen molar-refractivity contribution in [3.63, 3.8) is 0 Å². The number of carbonyl (C=O) groups is 1. The molecule has 6 nitrogen and oxygen atoms in total. The van der Waals surface area contributed by atoms with E-state index in [0.717, 1.165) is 49.0 Å². The highest BCUT2D eigenvalue weighted by molar-refractivity contribution is 14.0. The van der Waals surface area contributed by atoms with Crippen LogP contribution in [-0.2, 0) is 16.0 Å². The highest BCUT2D eigenvalue weighted by Gasteiger charge is 2.01. The topological polar surface area (TPSA) is 75.6 Å². The van der Waals surface area contributed by atoms with Crippen molar-refractivity contribution >= 4 is 47.2 Å². The summed E-state index contributed by atoms with van der Waals surface area (Å²) in [5.74, 6) is 0.653. The van der Waals surface area contributed by atoms with Crippen LogP contribution < -0.4 is 10.6 Å². The summed E-state index contributed by atoms with van der Waals surface area (Å²) in [4.78, 5) is 19.9. The fourth-order valence-corrected chi connectivity index (χ4v) is 2.49. The Kier molecular flexibility index (Phi) is 13.0. The van der Waals surface area contributed by atoms with E-state index in [-0.39, 0.29) is 29.9 Å². The standard InChI is InChI=1S/C15H26N4O2S.HI/c1-4-16-15(17-9-6-5-7-14(20)21-3)18-10-8-13-11-22-12(2)19-13;/h11H,4-10H2,1-3H3,(H2,16,17,18);1H. The first kappa shape index (κ1) is 22.1. The Balaban J connectivity index is 0.00000484. The van der Waals surface area contributed by atoms with E-state index in [1.54, 1.807) is 11.3 Å². The molecule has 1 aromatic heterocycles. The molecule has 0 spiro atoms. The minimum absolute atomic E-state index is 0. The third kappa shape index (κ3) is 10.5. The van der Waals surface area contributed by atoms with Crippen molar-refractivity contribution in [3.05, 3.63) is 16.1 Å². The van der Waals surface area contributed by atoms with Crippen molar-refractivity contribution in [1.29, 1.82) is 0 Å². The number of rotatable bonds is 9. The smallest absolute Gasteiger partial charge is 0.305 e. The summed E-state index contributed by atoms with van der Waals surface area (Å²) in [7, 11) is 1.41. The third-order valence-corrected chi connectivity index (χ3v) is 3.79. The van der Waals surface area contributed by atoms with E-state index in [0.29, 0.717) is 13.0 Å². The first-order chi connectivity index (χ1) is 10.7. The largest absolute Gasteiger partial charge is 0.469 e. The highest BCUT2D eigenvalue weighted by atomic mass is 127. The SMILES string of the molecule is CCNC(=NCCCCC(=O)OC)NCCc1csc(C)n1.I. The first-order valence-corrected chi connectivity index (χ1v) is 8.53. The summed E-state index contributed by atoms with van der Waals surface area (Å²) in [6.45, 7) is 6.38. The number of ether oxygens (including phenoxy) is 1. The molecule has 0 fully saturated rings. The van der Waals surface area contributed by atoms with Crippen molar-refractivity contribution in [2.45, 2.75) is 39.5 Å². The van der Waals surface area contributed by atoms with Gasteiger partial charge in [-0.25, -0.2) is 4.98 Å². The molecule has 2 N–H and O–H groups in total. The van der Waals surface area contributed by atoms with Crippen molar-refractivity contribution in [2.24, 2.45) is 4.99 Å². The van der Waals surface area contributed by atoms with Gasteiger partial charge < -0.3 is 15.4 Å². The lowest BCUT2D eigenvalue weighted by molar-refractivity contribution is -0.140. The van der Waals surface area contributed by atoms with Crippen LogP contribution in [0, 0.1) is 6.92 Å². The van der Waals surface area contributed by atoms with Crippen molar-refractivity contribution < 1.29 is 9.53 Å².